The van der Waals surface area contributed by atoms with Crippen molar-refractivity contribution < 1.29 is 10.2 Å². The molecule has 0 unspecified atom stereocenters. The quantitative estimate of drug-likeness (QED) is 0.607. The standard InChI is InChI=1S/C14H17IO2/c1-9-12(16)8-7-11(14(17)13(9)15)10-5-3-2-4-6-10/h2-7,9,12-14,16-17H,8H2,1H3/t9-,12+,13-,14-/m1/s1. The Balaban J connectivity index is 2.34. The van der Waals surface area contributed by atoms with E-state index in [0.717, 1.165) is 11.1 Å². The van der Waals surface area contributed by atoms with Gasteiger partial charge < -0.3 is 10.2 Å². The van der Waals surface area contributed by atoms with Crippen LogP contribution in [0.2, 0.25) is 0 Å². The van der Waals surface area contributed by atoms with E-state index in [9.17, 15) is 10.2 Å². The molecule has 2 rings (SSSR count). The summed E-state index contributed by atoms with van der Waals surface area (Å²) in [6.45, 7) is 1.99. The number of alkyl halides is 1. The summed E-state index contributed by atoms with van der Waals surface area (Å²) in [5.74, 6) is 0.100. The molecule has 17 heavy (non-hydrogen) atoms. The van der Waals surface area contributed by atoms with Gasteiger partial charge in [0, 0.05) is 3.92 Å². The number of rotatable bonds is 1. The van der Waals surface area contributed by atoms with Crippen molar-refractivity contribution in [2.24, 2.45) is 5.92 Å². The first-order valence-electron chi connectivity index (χ1n) is 5.87. The van der Waals surface area contributed by atoms with Crippen LogP contribution in [0.25, 0.3) is 5.57 Å². The zero-order valence-electron chi connectivity index (χ0n) is 9.75. The van der Waals surface area contributed by atoms with Gasteiger partial charge in [-0.05, 0) is 23.5 Å². The van der Waals surface area contributed by atoms with E-state index in [0.29, 0.717) is 6.42 Å². The molecule has 3 heteroatoms. The number of aliphatic hydroxyl groups is 2. The molecule has 4 atom stereocenters. The lowest BCUT2D eigenvalue weighted by Crippen LogP contribution is -2.32. The van der Waals surface area contributed by atoms with Crippen LogP contribution in [-0.4, -0.2) is 26.3 Å². The molecule has 0 aliphatic heterocycles. The fraction of sp³-hybridized carbons (Fsp3) is 0.429. The normalized spacial score (nSPS) is 34.0. The summed E-state index contributed by atoms with van der Waals surface area (Å²) >= 11 is 2.24. The smallest absolute Gasteiger partial charge is 0.0913 e. The fourth-order valence-electron chi connectivity index (χ4n) is 2.17. The SMILES string of the molecule is C[C@H]1[C@@H](I)[C@H](O)C(c2ccccc2)=CC[C@@H]1O. The van der Waals surface area contributed by atoms with Gasteiger partial charge >= 0.3 is 0 Å². The number of hydrogen-bond acceptors (Lipinski definition) is 2. The van der Waals surface area contributed by atoms with Crippen LogP contribution >= 0.6 is 22.6 Å². The van der Waals surface area contributed by atoms with Gasteiger partial charge in [-0.25, -0.2) is 0 Å². The highest BCUT2D eigenvalue weighted by Crippen LogP contribution is 2.34. The predicted octanol–water partition coefficient (Wildman–Crippen LogP) is 2.64. The van der Waals surface area contributed by atoms with Gasteiger partial charge in [0.05, 0.1) is 12.2 Å². The Labute approximate surface area is 116 Å². The third kappa shape index (κ3) is 2.72. The van der Waals surface area contributed by atoms with Crippen LogP contribution in [0, 0.1) is 5.92 Å². The Morgan fingerprint density at radius 1 is 1.18 bits per heavy atom. The molecule has 0 spiro atoms. The number of hydrogen-bond donors (Lipinski definition) is 2. The molecule has 1 aliphatic rings. The minimum absolute atomic E-state index is 0.0385. The van der Waals surface area contributed by atoms with Crippen LogP contribution in [0.4, 0.5) is 0 Å². The van der Waals surface area contributed by atoms with Crippen molar-refractivity contribution in [3.63, 3.8) is 0 Å². The molecule has 2 nitrogen and oxygen atoms in total. The third-order valence-electron chi connectivity index (χ3n) is 3.42. The summed E-state index contributed by atoms with van der Waals surface area (Å²) in [5, 5.41) is 20.3. The van der Waals surface area contributed by atoms with Gasteiger partial charge in [0.2, 0.25) is 0 Å². The van der Waals surface area contributed by atoms with Crippen molar-refractivity contribution in [3.05, 3.63) is 42.0 Å². The monoisotopic (exact) mass is 344 g/mol. The molecular formula is C14H17IO2. The van der Waals surface area contributed by atoms with Crippen molar-refractivity contribution >= 4 is 28.2 Å². The van der Waals surface area contributed by atoms with E-state index >= 15 is 0 Å². The van der Waals surface area contributed by atoms with Crippen LogP contribution in [0.3, 0.4) is 0 Å². The third-order valence-corrected chi connectivity index (χ3v) is 5.23. The van der Waals surface area contributed by atoms with E-state index in [2.05, 4.69) is 22.6 Å². The van der Waals surface area contributed by atoms with Crippen molar-refractivity contribution in [3.8, 4) is 0 Å². The van der Waals surface area contributed by atoms with Gasteiger partial charge in [0.25, 0.3) is 0 Å². The first-order chi connectivity index (χ1) is 8.11. The Morgan fingerprint density at radius 2 is 1.82 bits per heavy atom. The molecule has 1 aromatic rings. The van der Waals surface area contributed by atoms with Gasteiger partial charge in [0.1, 0.15) is 0 Å². The maximum absolute atomic E-state index is 10.4. The van der Waals surface area contributed by atoms with Crippen molar-refractivity contribution in [2.75, 3.05) is 0 Å². The lowest BCUT2D eigenvalue weighted by molar-refractivity contribution is 0.103. The molecule has 0 radical (unpaired) electrons. The van der Waals surface area contributed by atoms with Crippen molar-refractivity contribution in [2.45, 2.75) is 29.5 Å². The highest BCUT2D eigenvalue weighted by Gasteiger charge is 2.32. The van der Waals surface area contributed by atoms with Gasteiger partial charge in [-0.3, -0.25) is 0 Å². The van der Waals surface area contributed by atoms with Gasteiger partial charge in [-0.2, -0.15) is 0 Å². The molecule has 0 aromatic heterocycles. The molecule has 1 aliphatic carbocycles. The summed E-state index contributed by atoms with van der Waals surface area (Å²) in [4.78, 5) is 0. The van der Waals surface area contributed by atoms with Gasteiger partial charge in [0.15, 0.2) is 0 Å². The van der Waals surface area contributed by atoms with E-state index in [1.807, 2.05) is 43.3 Å². The minimum Gasteiger partial charge on any atom is -0.392 e. The molecule has 0 heterocycles. The van der Waals surface area contributed by atoms with E-state index in [-0.39, 0.29) is 15.9 Å². The molecule has 92 valence electrons. The number of aliphatic hydroxyl groups excluding tert-OH is 2. The summed E-state index contributed by atoms with van der Waals surface area (Å²) in [6.07, 6.45) is 1.71. The van der Waals surface area contributed by atoms with Gasteiger partial charge in [-0.1, -0.05) is 65.9 Å². The van der Waals surface area contributed by atoms with Gasteiger partial charge in [-0.15, -0.1) is 0 Å². The van der Waals surface area contributed by atoms with Crippen LogP contribution < -0.4 is 0 Å². The molecule has 0 fully saturated rings. The Morgan fingerprint density at radius 3 is 2.47 bits per heavy atom. The van der Waals surface area contributed by atoms with Crippen molar-refractivity contribution in [1.82, 2.24) is 0 Å². The van der Waals surface area contributed by atoms with Crippen LogP contribution in [-0.2, 0) is 0 Å². The van der Waals surface area contributed by atoms with E-state index in [1.165, 1.54) is 0 Å². The molecular weight excluding hydrogens is 327 g/mol. The average Bonchev–Trinajstić information content (AvgIpc) is 2.45. The maximum Gasteiger partial charge on any atom is 0.0913 e. The average molecular weight is 344 g/mol. The highest BCUT2D eigenvalue weighted by molar-refractivity contribution is 14.1. The number of benzene rings is 1. The summed E-state index contributed by atoms with van der Waals surface area (Å²) in [6, 6.07) is 9.90. The zero-order valence-corrected chi connectivity index (χ0v) is 11.9. The van der Waals surface area contributed by atoms with E-state index < -0.39 is 6.10 Å². The van der Waals surface area contributed by atoms with Crippen LogP contribution in [0.5, 0.6) is 0 Å². The van der Waals surface area contributed by atoms with Crippen molar-refractivity contribution in [1.29, 1.82) is 0 Å². The lowest BCUT2D eigenvalue weighted by Gasteiger charge is -2.25. The van der Waals surface area contributed by atoms with Crippen LogP contribution in [0.1, 0.15) is 18.9 Å². The largest absolute Gasteiger partial charge is 0.392 e. The fourth-order valence-corrected chi connectivity index (χ4v) is 3.04. The molecule has 0 amide bonds. The van der Waals surface area contributed by atoms with Crippen LogP contribution in [0.15, 0.2) is 36.4 Å². The molecule has 2 N–H and O–H groups in total. The number of halogens is 1. The summed E-state index contributed by atoms with van der Waals surface area (Å²) in [5.41, 5.74) is 1.98. The second-order valence-electron chi connectivity index (χ2n) is 4.58. The molecule has 1 aromatic carbocycles. The topological polar surface area (TPSA) is 40.5 Å². The summed E-state index contributed by atoms with van der Waals surface area (Å²) < 4.78 is 0.0385. The molecule has 0 saturated heterocycles. The highest BCUT2D eigenvalue weighted by atomic mass is 127. The molecule has 0 bridgehead atoms. The first-order valence-corrected chi connectivity index (χ1v) is 7.11. The minimum atomic E-state index is -0.509. The maximum atomic E-state index is 10.4. The lowest BCUT2D eigenvalue weighted by atomic mass is 9.94. The Bertz CT molecular complexity index is 402. The van der Waals surface area contributed by atoms with E-state index in [1.54, 1.807) is 0 Å². The Kier molecular flexibility index (Phi) is 4.22. The molecule has 0 saturated carbocycles. The van der Waals surface area contributed by atoms with E-state index in [4.69, 9.17) is 0 Å². The zero-order chi connectivity index (χ0) is 12.4. The second kappa shape index (κ2) is 5.50. The summed E-state index contributed by atoms with van der Waals surface area (Å²) in [7, 11) is 0. The second-order valence-corrected chi connectivity index (χ2v) is 6.02. The predicted molar refractivity (Wildman–Crippen MR) is 78.0 cm³/mol. The first kappa shape index (κ1) is 13.1. The Hall–Kier alpha value is -0.390.